The van der Waals surface area contributed by atoms with Crippen LogP contribution in [0.2, 0.25) is 0 Å². The molecule has 5 heteroatoms. The Labute approximate surface area is 130 Å². The predicted molar refractivity (Wildman–Crippen MR) is 85.6 cm³/mol. The Balaban J connectivity index is 1.83. The maximum Gasteiger partial charge on any atom is 0.233 e. The molecular formula is C16H18N2O2S. The topological polar surface area (TPSA) is 51.2 Å². The third-order valence-corrected chi connectivity index (χ3v) is 3.47. The molecule has 0 radical (unpaired) electrons. The maximum atomic E-state index is 12.0. The van der Waals surface area contributed by atoms with Crippen molar-refractivity contribution in [2.45, 2.75) is 18.2 Å². The Morgan fingerprint density at radius 2 is 2.00 bits per heavy atom. The van der Waals surface area contributed by atoms with Gasteiger partial charge >= 0.3 is 0 Å². The molecule has 4 nitrogen and oxygen atoms in total. The van der Waals surface area contributed by atoms with Crippen molar-refractivity contribution in [3.63, 3.8) is 0 Å². The molecule has 0 aliphatic rings. The summed E-state index contributed by atoms with van der Waals surface area (Å²) in [6.07, 6.45) is 2.29. The van der Waals surface area contributed by atoms with E-state index in [-0.39, 0.29) is 11.2 Å². The van der Waals surface area contributed by atoms with Gasteiger partial charge in [0.15, 0.2) is 0 Å². The number of methoxy groups -OCH3 is 1. The number of amides is 1. The van der Waals surface area contributed by atoms with Gasteiger partial charge in [0.25, 0.3) is 0 Å². The van der Waals surface area contributed by atoms with Crippen LogP contribution in [0.3, 0.4) is 0 Å². The van der Waals surface area contributed by atoms with Gasteiger partial charge in [-0.05, 0) is 17.5 Å². The Morgan fingerprint density at radius 1 is 1.24 bits per heavy atom. The van der Waals surface area contributed by atoms with E-state index in [2.05, 4.69) is 22.9 Å². The van der Waals surface area contributed by atoms with Crippen molar-refractivity contribution in [1.82, 2.24) is 10.3 Å². The van der Waals surface area contributed by atoms with Gasteiger partial charge in [-0.15, -0.1) is 0 Å². The molecule has 0 bridgehead atoms. The van der Waals surface area contributed by atoms with Crippen LogP contribution in [0.25, 0.3) is 0 Å². The molecule has 1 aromatic heterocycles. The Morgan fingerprint density at radius 3 is 2.62 bits per heavy atom. The Kier molecular flexibility index (Phi) is 5.63. The summed E-state index contributed by atoms with van der Waals surface area (Å²) in [7, 11) is 1.57. The van der Waals surface area contributed by atoms with Crippen LogP contribution in [0, 0.1) is 0 Å². The third-order valence-electron chi connectivity index (χ3n) is 3.05. The highest BCUT2D eigenvalue weighted by molar-refractivity contribution is 7.81. The number of carbonyl (C=O) groups excluding carboxylic acids is 1. The lowest BCUT2D eigenvalue weighted by Gasteiger charge is -2.11. The minimum absolute atomic E-state index is 0.0852. The average molecular weight is 302 g/mol. The number of benzene rings is 1. The quantitative estimate of drug-likeness (QED) is 0.805. The first-order valence-electron chi connectivity index (χ1n) is 6.67. The van der Waals surface area contributed by atoms with Crippen molar-refractivity contribution < 1.29 is 9.53 Å². The van der Waals surface area contributed by atoms with Crippen molar-refractivity contribution in [3.05, 3.63) is 59.8 Å². The van der Waals surface area contributed by atoms with E-state index < -0.39 is 0 Å². The molecule has 1 unspecified atom stereocenters. The molecule has 0 spiro atoms. The summed E-state index contributed by atoms with van der Waals surface area (Å²) in [6.45, 7) is 0.432. The van der Waals surface area contributed by atoms with E-state index in [1.54, 1.807) is 19.4 Å². The second kappa shape index (κ2) is 7.69. The second-order valence-electron chi connectivity index (χ2n) is 4.63. The lowest BCUT2D eigenvalue weighted by atomic mass is 10.1. The summed E-state index contributed by atoms with van der Waals surface area (Å²) in [5.74, 6) is 0.472. The van der Waals surface area contributed by atoms with Gasteiger partial charge in [-0.1, -0.05) is 36.4 Å². The number of hydrogen-bond donors (Lipinski definition) is 2. The van der Waals surface area contributed by atoms with Crippen molar-refractivity contribution in [1.29, 1.82) is 0 Å². The number of aromatic nitrogens is 1. The summed E-state index contributed by atoms with van der Waals surface area (Å²) >= 11 is 4.37. The number of ether oxygens (including phenoxy) is 1. The van der Waals surface area contributed by atoms with Crippen molar-refractivity contribution in [3.8, 4) is 5.88 Å². The molecule has 2 rings (SSSR count). The standard InChI is InChI=1S/C16H18N2O2S/c1-20-15-8-7-13(10-17-15)11-18-16(19)14(21)9-12-5-3-2-4-6-12/h2-8,10,14,21H,9,11H2,1H3,(H,18,19). The van der Waals surface area contributed by atoms with Crippen LogP contribution in [0.1, 0.15) is 11.1 Å². The predicted octanol–water partition coefficient (Wildman–Crippen LogP) is 2.25. The number of pyridine rings is 1. The van der Waals surface area contributed by atoms with E-state index in [0.717, 1.165) is 11.1 Å². The molecule has 1 N–H and O–H groups in total. The molecule has 0 aliphatic carbocycles. The smallest absolute Gasteiger partial charge is 0.233 e. The number of carbonyl (C=O) groups is 1. The van der Waals surface area contributed by atoms with Crippen LogP contribution in [-0.2, 0) is 17.8 Å². The van der Waals surface area contributed by atoms with Gasteiger partial charge in [0.1, 0.15) is 0 Å². The van der Waals surface area contributed by atoms with Crippen LogP contribution in [0.4, 0.5) is 0 Å². The number of nitrogens with zero attached hydrogens (tertiary/aromatic N) is 1. The van der Waals surface area contributed by atoms with Crippen LogP contribution in [0.5, 0.6) is 5.88 Å². The Bertz CT molecular complexity index is 573. The van der Waals surface area contributed by atoms with Crippen molar-refractivity contribution in [2.75, 3.05) is 7.11 Å². The van der Waals surface area contributed by atoms with E-state index in [0.29, 0.717) is 18.8 Å². The maximum absolute atomic E-state index is 12.0. The lowest BCUT2D eigenvalue weighted by Crippen LogP contribution is -2.32. The molecule has 0 fully saturated rings. The molecule has 0 saturated carbocycles. The summed E-state index contributed by atoms with van der Waals surface area (Å²) < 4.78 is 4.99. The molecule has 110 valence electrons. The fourth-order valence-corrected chi connectivity index (χ4v) is 2.18. The molecule has 1 heterocycles. The second-order valence-corrected chi connectivity index (χ2v) is 5.26. The van der Waals surface area contributed by atoms with E-state index in [1.165, 1.54) is 0 Å². The molecule has 1 amide bonds. The zero-order valence-electron chi connectivity index (χ0n) is 11.8. The van der Waals surface area contributed by atoms with Crippen LogP contribution >= 0.6 is 12.6 Å². The van der Waals surface area contributed by atoms with Gasteiger partial charge in [0.05, 0.1) is 12.4 Å². The number of rotatable bonds is 6. The SMILES string of the molecule is COc1ccc(CNC(=O)C(S)Cc2ccccc2)cn1. The van der Waals surface area contributed by atoms with Gasteiger partial charge in [-0.3, -0.25) is 4.79 Å². The highest BCUT2D eigenvalue weighted by atomic mass is 32.1. The lowest BCUT2D eigenvalue weighted by molar-refractivity contribution is -0.120. The third kappa shape index (κ3) is 4.79. The van der Waals surface area contributed by atoms with E-state index in [1.807, 2.05) is 36.4 Å². The van der Waals surface area contributed by atoms with Gasteiger partial charge < -0.3 is 10.1 Å². The molecule has 21 heavy (non-hydrogen) atoms. The first-order chi connectivity index (χ1) is 10.2. The molecular weight excluding hydrogens is 284 g/mol. The number of nitrogens with one attached hydrogen (secondary N) is 1. The van der Waals surface area contributed by atoms with Crippen molar-refractivity contribution in [2.24, 2.45) is 0 Å². The fourth-order valence-electron chi connectivity index (χ4n) is 1.87. The minimum atomic E-state index is -0.362. The summed E-state index contributed by atoms with van der Waals surface area (Å²) in [5, 5.41) is 2.50. The fraction of sp³-hybridized carbons (Fsp3) is 0.250. The normalized spacial score (nSPS) is 11.7. The molecule has 0 saturated heterocycles. The Hall–Kier alpha value is -2.01. The molecule has 0 aliphatic heterocycles. The first-order valence-corrected chi connectivity index (χ1v) is 7.19. The minimum Gasteiger partial charge on any atom is -0.481 e. The van der Waals surface area contributed by atoms with Crippen LogP contribution < -0.4 is 10.1 Å². The highest BCUT2D eigenvalue weighted by Crippen LogP contribution is 2.09. The summed E-state index contributed by atoms with van der Waals surface area (Å²) in [6, 6.07) is 13.5. The van der Waals surface area contributed by atoms with Crippen LogP contribution in [0.15, 0.2) is 48.7 Å². The van der Waals surface area contributed by atoms with E-state index in [9.17, 15) is 4.79 Å². The largest absolute Gasteiger partial charge is 0.481 e. The average Bonchev–Trinajstić information content (AvgIpc) is 2.54. The molecule has 1 aromatic carbocycles. The van der Waals surface area contributed by atoms with Gasteiger partial charge in [-0.25, -0.2) is 4.98 Å². The van der Waals surface area contributed by atoms with Gasteiger partial charge in [-0.2, -0.15) is 12.6 Å². The monoisotopic (exact) mass is 302 g/mol. The summed E-state index contributed by atoms with van der Waals surface area (Å²) in [5.41, 5.74) is 2.02. The van der Waals surface area contributed by atoms with E-state index >= 15 is 0 Å². The first kappa shape index (κ1) is 15.4. The highest BCUT2D eigenvalue weighted by Gasteiger charge is 2.14. The zero-order valence-corrected chi connectivity index (χ0v) is 12.7. The van der Waals surface area contributed by atoms with E-state index in [4.69, 9.17) is 4.74 Å². The zero-order chi connectivity index (χ0) is 15.1. The van der Waals surface area contributed by atoms with Gasteiger partial charge in [0, 0.05) is 18.8 Å². The van der Waals surface area contributed by atoms with Crippen molar-refractivity contribution >= 4 is 18.5 Å². The number of hydrogen-bond acceptors (Lipinski definition) is 4. The van der Waals surface area contributed by atoms with Crippen LogP contribution in [-0.4, -0.2) is 23.3 Å². The van der Waals surface area contributed by atoms with Gasteiger partial charge in [0.2, 0.25) is 11.8 Å². The molecule has 2 aromatic rings. The molecule has 1 atom stereocenters. The summed E-state index contributed by atoms with van der Waals surface area (Å²) in [4.78, 5) is 16.1. The number of thiol groups is 1.